The van der Waals surface area contributed by atoms with E-state index >= 15 is 0 Å². The minimum atomic E-state index is -3.02. The van der Waals surface area contributed by atoms with Crippen LogP contribution in [0.5, 0.6) is 11.5 Å². The van der Waals surface area contributed by atoms with Gasteiger partial charge in [0.25, 0.3) is 5.91 Å². The van der Waals surface area contributed by atoms with Gasteiger partial charge in [0, 0.05) is 24.7 Å². The van der Waals surface area contributed by atoms with Crippen LogP contribution in [0.1, 0.15) is 12.0 Å². The number of hydrogen-bond acceptors (Lipinski definition) is 6. The third-order valence-corrected chi connectivity index (χ3v) is 4.17. The molecule has 0 spiro atoms. The number of hydrogen-bond donors (Lipinski definition) is 1. The molecule has 2 N–H and O–H groups in total. The molecule has 33 heavy (non-hydrogen) atoms. The molecule has 0 aliphatic rings. The smallest absolute Gasteiger partial charge is 0.387 e. The second kappa shape index (κ2) is 12.1. The zero-order chi connectivity index (χ0) is 24.4. The van der Waals surface area contributed by atoms with Crippen molar-refractivity contribution in [2.24, 2.45) is 5.73 Å². The summed E-state index contributed by atoms with van der Waals surface area (Å²) in [6.45, 7) is -3.76. The molecule has 0 aromatic heterocycles. The van der Waals surface area contributed by atoms with Crippen LogP contribution in [0.15, 0.2) is 48.5 Å². The first-order valence-electron chi connectivity index (χ1n) is 9.51. The van der Waals surface area contributed by atoms with E-state index in [9.17, 15) is 27.6 Å². The summed E-state index contributed by atoms with van der Waals surface area (Å²) in [4.78, 5) is 36.8. The van der Waals surface area contributed by atoms with Crippen molar-refractivity contribution < 1.29 is 41.8 Å². The lowest BCUT2D eigenvalue weighted by atomic mass is 10.2. The van der Waals surface area contributed by atoms with E-state index in [4.69, 9.17) is 15.2 Å². The Morgan fingerprint density at radius 3 is 2.39 bits per heavy atom. The number of esters is 1. The highest BCUT2D eigenvalue weighted by Gasteiger charge is 2.18. The summed E-state index contributed by atoms with van der Waals surface area (Å²) >= 11 is 0. The number of nitrogens with zero attached hydrogens (tertiary/aromatic N) is 1. The van der Waals surface area contributed by atoms with Crippen LogP contribution >= 0.6 is 0 Å². The van der Waals surface area contributed by atoms with Crippen molar-refractivity contribution in [2.45, 2.75) is 13.0 Å². The number of nitrogens with two attached hydrogens (primary N) is 1. The molecule has 0 aliphatic heterocycles. The lowest BCUT2D eigenvalue weighted by Gasteiger charge is -2.22. The number of carbonyl (C=O) groups is 3. The summed E-state index contributed by atoms with van der Waals surface area (Å²) in [5.41, 5.74) is 5.85. The van der Waals surface area contributed by atoms with Crippen molar-refractivity contribution >= 4 is 29.5 Å². The Hall–Kier alpha value is -4.02. The van der Waals surface area contributed by atoms with E-state index in [0.29, 0.717) is 11.3 Å². The van der Waals surface area contributed by atoms with E-state index in [0.717, 1.165) is 23.1 Å². The summed E-state index contributed by atoms with van der Waals surface area (Å²) in [6, 6.07) is 8.98. The van der Waals surface area contributed by atoms with E-state index in [1.807, 2.05) is 0 Å². The summed E-state index contributed by atoms with van der Waals surface area (Å²) in [7, 11) is 1.27. The minimum absolute atomic E-state index is 0.0328. The minimum Gasteiger partial charge on any atom is -0.493 e. The Balaban J connectivity index is 2.01. The number of halogens is 3. The van der Waals surface area contributed by atoms with Crippen LogP contribution in [-0.4, -0.2) is 44.7 Å². The van der Waals surface area contributed by atoms with E-state index in [2.05, 4.69) is 4.74 Å². The van der Waals surface area contributed by atoms with Crippen LogP contribution in [0, 0.1) is 5.82 Å². The number of methoxy groups -OCH3 is 1. The maximum absolute atomic E-state index is 13.2. The molecule has 0 bridgehead atoms. The predicted molar refractivity (Wildman–Crippen MR) is 112 cm³/mol. The molecule has 2 aromatic rings. The van der Waals surface area contributed by atoms with E-state index in [-0.39, 0.29) is 24.5 Å². The van der Waals surface area contributed by atoms with Gasteiger partial charge < -0.3 is 24.8 Å². The first kappa shape index (κ1) is 25.2. The zero-order valence-electron chi connectivity index (χ0n) is 17.5. The molecule has 0 atom stereocenters. The Morgan fingerprint density at radius 2 is 1.79 bits per heavy atom. The largest absolute Gasteiger partial charge is 0.493 e. The highest BCUT2D eigenvalue weighted by molar-refractivity contribution is 5.97. The molecule has 0 saturated carbocycles. The topological polar surface area (TPSA) is 108 Å². The van der Waals surface area contributed by atoms with Crippen molar-refractivity contribution in [2.75, 3.05) is 25.2 Å². The number of amides is 2. The van der Waals surface area contributed by atoms with Gasteiger partial charge in [-0.3, -0.25) is 9.59 Å². The summed E-state index contributed by atoms with van der Waals surface area (Å²) in [5, 5.41) is 0. The SMILES string of the molecule is COc1cc(/C=C/C(=O)OCC(=O)N(CCC(N)=O)c2ccc(F)cc2)ccc1OC(F)F. The first-order valence-corrected chi connectivity index (χ1v) is 9.51. The van der Waals surface area contributed by atoms with Gasteiger partial charge in [-0.1, -0.05) is 6.07 Å². The van der Waals surface area contributed by atoms with Crippen LogP contribution in [0.4, 0.5) is 18.9 Å². The summed E-state index contributed by atoms with van der Waals surface area (Å²) in [6.07, 6.45) is 2.21. The second-order valence-corrected chi connectivity index (χ2v) is 6.47. The molecule has 11 heteroatoms. The van der Waals surface area contributed by atoms with Crippen LogP contribution in [0.25, 0.3) is 6.08 Å². The van der Waals surface area contributed by atoms with Gasteiger partial charge in [-0.15, -0.1) is 0 Å². The first-order chi connectivity index (χ1) is 15.7. The molecule has 0 heterocycles. The highest BCUT2D eigenvalue weighted by atomic mass is 19.3. The lowest BCUT2D eigenvalue weighted by Crippen LogP contribution is -2.37. The molecule has 0 unspecified atom stereocenters. The average Bonchev–Trinajstić information content (AvgIpc) is 2.77. The molecule has 0 radical (unpaired) electrons. The molecule has 2 rings (SSSR count). The van der Waals surface area contributed by atoms with Crippen LogP contribution in [0.2, 0.25) is 0 Å². The van der Waals surface area contributed by atoms with Crippen LogP contribution in [-0.2, 0) is 19.1 Å². The fraction of sp³-hybridized carbons (Fsp3) is 0.227. The van der Waals surface area contributed by atoms with Crippen molar-refractivity contribution in [3.05, 3.63) is 59.9 Å². The van der Waals surface area contributed by atoms with Crippen LogP contribution < -0.4 is 20.1 Å². The number of rotatable bonds is 11. The summed E-state index contributed by atoms with van der Waals surface area (Å²) < 4.78 is 52.2. The monoisotopic (exact) mass is 466 g/mol. The third-order valence-electron chi connectivity index (χ3n) is 4.17. The molecule has 0 fully saturated rings. The third kappa shape index (κ3) is 8.20. The average molecular weight is 466 g/mol. The number of ether oxygens (including phenoxy) is 3. The molecule has 0 saturated heterocycles. The fourth-order valence-electron chi connectivity index (χ4n) is 2.65. The van der Waals surface area contributed by atoms with Gasteiger partial charge in [0.05, 0.1) is 7.11 Å². The molecule has 2 amide bonds. The predicted octanol–water partition coefficient (Wildman–Crippen LogP) is 2.90. The lowest BCUT2D eigenvalue weighted by molar-refractivity contribution is -0.143. The van der Waals surface area contributed by atoms with Crippen LogP contribution in [0.3, 0.4) is 0 Å². The molecule has 8 nitrogen and oxygen atoms in total. The van der Waals surface area contributed by atoms with Gasteiger partial charge in [0.2, 0.25) is 5.91 Å². The van der Waals surface area contributed by atoms with E-state index in [1.165, 1.54) is 43.5 Å². The van der Waals surface area contributed by atoms with Crippen molar-refractivity contribution in [1.82, 2.24) is 0 Å². The molecule has 176 valence electrons. The summed E-state index contributed by atoms with van der Waals surface area (Å²) in [5.74, 6) is -2.80. The molecule has 0 aliphatic carbocycles. The number of carbonyl (C=O) groups excluding carboxylic acids is 3. The Labute approximate surface area is 187 Å². The van der Waals surface area contributed by atoms with E-state index < -0.39 is 36.8 Å². The quantitative estimate of drug-likeness (QED) is 0.403. The van der Waals surface area contributed by atoms with Gasteiger partial charge in [-0.05, 0) is 48.0 Å². The van der Waals surface area contributed by atoms with Gasteiger partial charge >= 0.3 is 12.6 Å². The highest BCUT2D eigenvalue weighted by Crippen LogP contribution is 2.29. The second-order valence-electron chi connectivity index (χ2n) is 6.47. The number of benzene rings is 2. The van der Waals surface area contributed by atoms with E-state index in [1.54, 1.807) is 0 Å². The van der Waals surface area contributed by atoms with Gasteiger partial charge in [0.1, 0.15) is 5.82 Å². The van der Waals surface area contributed by atoms with Crippen molar-refractivity contribution in [3.63, 3.8) is 0 Å². The van der Waals surface area contributed by atoms with Gasteiger partial charge in [-0.2, -0.15) is 8.78 Å². The zero-order valence-corrected chi connectivity index (χ0v) is 17.5. The number of anilines is 1. The standard InChI is InChI=1S/C22H21F3N2O6/c1-31-18-12-14(2-8-17(18)33-22(24)25)3-9-21(30)32-13-20(29)27(11-10-19(26)28)16-6-4-15(23)5-7-16/h2-9,12,22H,10-11,13H2,1H3,(H2,26,28)/b9-3+. The number of alkyl halides is 2. The maximum Gasteiger partial charge on any atom is 0.387 e. The molecular weight excluding hydrogens is 445 g/mol. The Bertz CT molecular complexity index is 1010. The molecular formula is C22H21F3N2O6. The van der Waals surface area contributed by atoms with Crippen molar-refractivity contribution in [1.29, 1.82) is 0 Å². The number of primary amides is 1. The Kier molecular flexibility index (Phi) is 9.28. The van der Waals surface area contributed by atoms with Gasteiger partial charge in [0.15, 0.2) is 18.1 Å². The molecule has 2 aromatic carbocycles. The van der Waals surface area contributed by atoms with Gasteiger partial charge in [-0.25, -0.2) is 9.18 Å². The van der Waals surface area contributed by atoms with Crippen molar-refractivity contribution in [3.8, 4) is 11.5 Å². The normalized spacial score (nSPS) is 10.8. The Morgan fingerprint density at radius 1 is 1.09 bits per heavy atom. The maximum atomic E-state index is 13.2. The fourth-order valence-corrected chi connectivity index (χ4v) is 2.65.